The molecule has 0 radical (unpaired) electrons. The zero-order chi connectivity index (χ0) is 35.7. The molecule has 0 heterocycles. The van der Waals surface area contributed by atoms with Gasteiger partial charge in [-0.15, -0.1) is 0 Å². The minimum atomic E-state index is -0.627. The molecule has 0 amide bonds. The Kier molecular flexibility index (Phi) is 41.4. The number of carbonyl (C=O) groups is 1. The topological polar surface area (TPSA) is 40.5 Å². The Morgan fingerprint density at radius 2 is 0.531 bits per heavy atom. The first-order valence-corrected chi connectivity index (χ1v) is 23.1. The van der Waals surface area contributed by atoms with Gasteiger partial charge >= 0.3 is 5.97 Å². The number of hydrogen-bond donors (Lipinski definition) is 1. The van der Waals surface area contributed by atoms with Crippen molar-refractivity contribution in [2.45, 2.75) is 277 Å². The molecule has 0 aromatic rings. The van der Waals surface area contributed by atoms with Gasteiger partial charge in [-0.3, -0.25) is 9.69 Å². The van der Waals surface area contributed by atoms with Gasteiger partial charge in [0.25, 0.3) is 0 Å². The molecule has 0 saturated heterocycles. The van der Waals surface area contributed by atoms with Crippen LogP contribution in [-0.2, 0) is 4.79 Å². The minimum Gasteiger partial charge on any atom is -0.480 e. The molecule has 3 heteroatoms. The Labute approximate surface area is 310 Å². The Bertz CT molecular complexity index is 580. The zero-order valence-electron chi connectivity index (χ0n) is 34.4. The van der Waals surface area contributed by atoms with Crippen LogP contribution in [0.2, 0.25) is 0 Å². The van der Waals surface area contributed by atoms with Crippen molar-refractivity contribution in [2.75, 3.05) is 13.1 Å². The quantitative estimate of drug-likeness (QED) is 0.0647. The third kappa shape index (κ3) is 37.0. The minimum absolute atomic E-state index is 0.300. The van der Waals surface area contributed by atoms with Crippen LogP contribution < -0.4 is 0 Å². The zero-order valence-corrected chi connectivity index (χ0v) is 34.4. The van der Waals surface area contributed by atoms with Gasteiger partial charge in [0.05, 0.1) is 0 Å². The molecule has 1 N–H and O–H groups in total. The van der Waals surface area contributed by atoms with Crippen LogP contribution in [0.5, 0.6) is 0 Å². The molecule has 3 nitrogen and oxygen atoms in total. The largest absolute Gasteiger partial charge is 0.480 e. The van der Waals surface area contributed by atoms with Gasteiger partial charge in [0.2, 0.25) is 0 Å². The fourth-order valence-electron chi connectivity index (χ4n) is 7.80. The molecule has 0 aromatic heterocycles. The van der Waals surface area contributed by atoms with Crippen LogP contribution in [0.3, 0.4) is 0 Å². The number of carboxylic acid groups (broad SMARTS) is 1. The van der Waals surface area contributed by atoms with Gasteiger partial charge in [0, 0.05) is 0 Å². The molecular weight excluding hydrogens is 599 g/mol. The van der Waals surface area contributed by atoms with Crippen molar-refractivity contribution in [1.82, 2.24) is 4.90 Å². The Morgan fingerprint density at radius 3 is 0.694 bits per heavy atom. The maximum atomic E-state index is 11.9. The average molecular weight is 692 g/mol. The smallest absolute Gasteiger partial charge is 0.320 e. The number of unbranched alkanes of at least 4 members (excludes halogenated alkanes) is 36. The summed E-state index contributed by atoms with van der Waals surface area (Å²) < 4.78 is 0. The normalized spacial score (nSPS) is 12.3. The van der Waals surface area contributed by atoms with Crippen molar-refractivity contribution in [3.63, 3.8) is 0 Å². The molecule has 0 bridgehead atoms. The van der Waals surface area contributed by atoms with E-state index in [2.05, 4.69) is 18.7 Å². The van der Waals surface area contributed by atoms with E-state index in [1.165, 1.54) is 231 Å². The van der Waals surface area contributed by atoms with Crippen LogP contribution in [0.15, 0.2) is 0 Å². The predicted octanol–water partition coefficient (Wildman–Crippen LogP) is 16.0. The molecule has 0 spiro atoms. The lowest BCUT2D eigenvalue weighted by Gasteiger charge is -2.28. The van der Waals surface area contributed by atoms with Gasteiger partial charge in [-0.05, 0) is 32.4 Å². The summed E-state index contributed by atoms with van der Waals surface area (Å²) in [5.74, 6) is -0.627. The van der Waals surface area contributed by atoms with Crippen molar-refractivity contribution in [3.8, 4) is 0 Å². The maximum Gasteiger partial charge on any atom is 0.320 e. The van der Waals surface area contributed by atoms with Crippen LogP contribution in [-0.4, -0.2) is 35.1 Å². The van der Waals surface area contributed by atoms with E-state index >= 15 is 0 Å². The van der Waals surface area contributed by atoms with Gasteiger partial charge in [-0.25, -0.2) is 0 Å². The second-order valence-electron chi connectivity index (χ2n) is 16.0. The summed E-state index contributed by atoms with van der Waals surface area (Å²) in [6.07, 6.45) is 53.8. The summed E-state index contributed by atoms with van der Waals surface area (Å²) in [5.41, 5.74) is 0. The molecule has 1 atom stereocenters. The molecule has 0 saturated carbocycles. The van der Waals surface area contributed by atoms with E-state index in [4.69, 9.17) is 0 Å². The van der Waals surface area contributed by atoms with Crippen LogP contribution in [0, 0.1) is 0 Å². The lowest BCUT2D eigenvalue weighted by molar-refractivity contribution is -0.143. The van der Waals surface area contributed by atoms with E-state index in [1.54, 1.807) is 0 Å². The molecule has 0 aliphatic heterocycles. The Morgan fingerprint density at radius 1 is 0.347 bits per heavy atom. The maximum absolute atomic E-state index is 11.9. The lowest BCUT2D eigenvalue weighted by Crippen LogP contribution is -2.42. The second kappa shape index (κ2) is 41.8. The monoisotopic (exact) mass is 692 g/mol. The van der Waals surface area contributed by atoms with E-state index < -0.39 is 5.97 Å². The van der Waals surface area contributed by atoms with E-state index in [0.717, 1.165) is 25.9 Å². The fraction of sp³-hybridized carbons (Fsp3) is 0.978. The molecular formula is C46H93NO2. The standard InChI is InChI=1S/C46H93NO2/c1-4-7-9-11-13-15-17-19-21-23-25-27-29-31-33-35-37-39-41-43-47(45(6-3)46(48)49)44-42-40-38-36-34-32-30-28-26-24-22-20-18-16-14-12-10-8-5-2/h45H,4-44H2,1-3H3,(H,48,49). The second-order valence-corrected chi connectivity index (χ2v) is 16.0. The highest BCUT2D eigenvalue weighted by Gasteiger charge is 2.22. The van der Waals surface area contributed by atoms with Gasteiger partial charge < -0.3 is 5.11 Å². The van der Waals surface area contributed by atoms with Gasteiger partial charge in [0.15, 0.2) is 0 Å². The molecule has 0 fully saturated rings. The Balaban J connectivity index is 3.64. The molecule has 49 heavy (non-hydrogen) atoms. The number of carboxylic acids is 1. The highest BCUT2D eigenvalue weighted by Crippen LogP contribution is 2.17. The first kappa shape index (κ1) is 48.4. The van der Waals surface area contributed by atoms with Gasteiger partial charge in [-0.2, -0.15) is 0 Å². The van der Waals surface area contributed by atoms with Crippen LogP contribution >= 0.6 is 0 Å². The molecule has 294 valence electrons. The molecule has 1 unspecified atom stereocenters. The number of hydrogen-bond acceptors (Lipinski definition) is 2. The third-order valence-electron chi connectivity index (χ3n) is 11.2. The van der Waals surface area contributed by atoms with Gasteiger partial charge in [-0.1, -0.05) is 252 Å². The Hall–Kier alpha value is -0.570. The van der Waals surface area contributed by atoms with E-state index in [1.807, 2.05) is 6.92 Å². The summed E-state index contributed by atoms with van der Waals surface area (Å²) >= 11 is 0. The van der Waals surface area contributed by atoms with Crippen molar-refractivity contribution in [2.24, 2.45) is 0 Å². The predicted molar refractivity (Wildman–Crippen MR) is 220 cm³/mol. The first-order chi connectivity index (χ1) is 24.2. The van der Waals surface area contributed by atoms with E-state index in [-0.39, 0.29) is 6.04 Å². The molecule has 0 rings (SSSR count). The highest BCUT2D eigenvalue weighted by atomic mass is 16.4. The fourth-order valence-corrected chi connectivity index (χ4v) is 7.80. The van der Waals surface area contributed by atoms with Crippen molar-refractivity contribution >= 4 is 5.97 Å². The average Bonchev–Trinajstić information content (AvgIpc) is 3.10. The van der Waals surface area contributed by atoms with E-state index in [9.17, 15) is 9.90 Å². The third-order valence-corrected chi connectivity index (χ3v) is 11.2. The summed E-state index contributed by atoms with van der Waals surface area (Å²) in [5, 5.41) is 9.82. The number of aliphatic carboxylic acids is 1. The lowest BCUT2D eigenvalue weighted by atomic mass is 10.0. The molecule has 0 aromatic carbocycles. The van der Waals surface area contributed by atoms with Crippen LogP contribution in [0.4, 0.5) is 0 Å². The number of rotatable bonds is 43. The van der Waals surface area contributed by atoms with Gasteiger partial charge in [0.1, 0.15) is 6.04 Å². The molecule has 0 aliphatic rings. The SMILES string of the molecule is CCCCCCCCCCCCCCCCCCCCCN(CCCCCCCCCCCCCCCCCCCCC)C(CC)C(=O)O. The van der Waals surface area contributed by atoms with E-state index in [0.29, 0.717) is 6.42 Å². The number of nitrogens with zero attached hydrogens (tertiary/aromatic N) is 1. The van der Waals surface area contributed by atoms with Crippen LogP contribution in [0.1, 0.15) is 271 Å². The summed E-state index contributed by atoms with van der Waals surface area (Å²) in [7, 11) is 0. The first-order valence-electron chi connectivity index (χ1n) is 23.1. The van der Waals surface area contributed by atoms with Crippen LogP contribution in [0.25, 0.3) is 0 Å². The summed E-state index contributed by atoms with van der Waals surface area (Å²) in [4.78, 5) is 14.2. The van der Waals surface area contributed by atoms with Crippen molar-refractivity contribution < 1.29 is 9.90 Å². The summed E-state index contributed by atoms with van der Waals surface area (Å²) in [6.45, 7) is 8.56. The van der Waals surface area contributed by atoms with Crippen molar-refractivity contribution in [3.05, 3.63) is 0 Å². The molecule has 0 aliphatic carbocycles. The highest BCUT2D eigenvalue weighted by molar-refractivity contribution is 5.73. The summed E-state index contributed by atoms with van der Waals surface area (Å²) in [6, 6.07) is -0.300. The van der Waals surface area contributed by atoms with Crippen molar-refractivity contribution in [1.29, 1.82) is 0 Å².